The number of rotatable bonds is 9. The summed E-state index contributed by atoms with van der Waals surface area (Å²) in [6.45, 7) is 6.92. The topological polar surface area (TPSA) is 47.6 Å². The van der Waals surface area contributed by atoms with Crippen LogP contribution in [0.4, 0.5) is 0 Å². The molecule has 0 aliphatic carbocycles. The molecular formula is C21H25Cl2NO3. The van der Waals surface area contributed by atoms with E-state index in [9.17, 15) is 4.79 Å². The summed E-state index contributed by atoms with van der Waals surface area (Å²) in [5, 5.41) is 4.03. The van der Waals surface area contributed by atoms with Crippen LogP contribution in [0.3, 0.4) is 0 Å². The predicted molar refractivity (Wildman–Crippen MR) is 110 cm³/mol. The fourth-order valence-electron chi connectivity index (χ4n) is 2.69. The normalized spacial score (nSPS) is 11.7. The lowest BCUT2D eigenvalue weighted by atomic mass is 10.1. The van der Waals surface area contributed by atoms with Gasteiger partial charge < -0.3 is 14.8 Å². The molecule has 4 nitrogen and oxygen atoms in total. The average molecular weight is 410 g/mol. The molecule has 0 radical (unpaired) electrons. The van der Waals surface area contributed by atoms with E-state index in [2.05, 4.69) is 5.32 Å². The van der Waals surface area contributed by atoms with Crippen LogP contribution in [0.1, 0.15) is 44.4 Å². The second-order valence-corrected chi connectivity index (χ2v) is 6.92. The molecule has 0 fully saturated rings. The van der Waals surface area contributed by atoms with Crippen LogP contribution in [0, 0.1) is 0 Å². The maximum absolute atomic E-state index is 12.3. The highest BCUT2D eigenvalue weighted by atomic mass is 35.5. The zero-order chi connectivity index (χ0) is 19.8. The summed E-state index contributed by atoms with van der Waals surface area (Å²) in [7, 11) is 0. The van der Waals surface area contributed by atoms with Crippen molar-refractivity contribution in [2.45, 2.75) is 39.7 Å². The molecule has 1 N–H and O–H groups in total. The van der Waals surface area contributed by atoms with E-state index in [-0.39, 0.29) is 11.9 Å². The molecule has 0 heterocycles. The number of carbonyl (C=O) groups excluding carboxylic acids is 1. The summed E-state index contributed by atoms with van der Waals surface area (Å²) in [4.78, 5) is 12.3. The van der Waals surface area contributed by atoms with Gasteiger partial charge in [-0.15, -0.1) is 0 Å². The van der Waals surface area contributed by atoms with Crippen LogP contribution in [0.5, 0.6) is 11.5 Å². The Morgan fingerprint density at radius 1 is 1.00 bits per heavy atom. The van der Waals surface area contributed by atoms with Crippen LogP contribution >= 0.6 is 23.2 Å². The largest absolute Gasteiger partial charge is 0.490 e. The minimum atomic E-state index is -0.138. The molecule has 2 aromatic carbocycles. The first-order chi connectivity index (χ1) is 12.9. The molecule has 146 valence electrons. The third-order valence-corrected chi connectivity index (χ3v) is 4.81. The Morgan fingerprint density at radius 3 is 2.37 bits per heavy atom. The van der Waals surface area contributed by atoms with Crippen LogP contribution < -0.4 is 14.8 Å². The Hall–Kier alpha value is -1.91. The number of aryl methyl sites for hydroxylation is 1. The number of benzene rings is 2. The highest BCUT2D eigenvalue weighted by molar-refractivity contribution is 6.42. The quantitative estimate of drug-likeness (QED) is 0.585. The summed E-state index contributed by atoms with van der Waals surface area (Å²) >= 11 is 11.9. The maximum atomic E-state index is 12.3. The van der Waals surface area contributed by atoms with Gasteiger partial charge in [0, 0.05) is 6.42 Å². The van der Waals surface area contributed by atoms with Gasteiger partial charge in [0.15, 0.2) is 11.5 Å². The molecule has 0 unspecified atom stereocenters. The number of hydrogen-bond donors (Lipinski definition) is 1. The SMILES string of the molecule is CCOc1ccc([C@H](C)NC(=O)CCc2ccc(Cl)c(Cl)c2)cc1OCC. The summed E-state index contributed by atoms with van der Waals surface area (Å²) in [6, 6.07) is 11.0. The lowest BCUT2D eigenvalue weighted by Gasteiger charge is -2.17. The molecule has 0 spiro atoms. The highest BCUT2D eigenvalue weighted by Gasteiger charge is 2.13. The van der Waals surface area contributed by atoms with Gasteiger partial charge in [-0.3, -0.25) is 4.79 Å². The van der Waals surface area contributed by atoms with Gasteiger partial charge in [-0.25, -0.2) is 0 Å². The standard InChI is InChI=1S/C21H25Cl2NO3/c1-4-26-19-10-8-16(13-20(19)27-5-2)14(3)24-21(25)11-7-15-6-9-17(22)18(23)12-15/h6,8-10,12-14H,4-5,7,11H2,1-3H3,(H,24,25)/t14-/m0/s1. The van der Waals surface area contributed by atoms with Gasteiger partial charge in [-0.1, -0.05) is 35.3 Å². The first-order valence-corrected chi connectivity index (χ1v) is 9.83. The van der Waals surface area contributed by atoms with Crippen molar-refractivity contribution < 1.29 is 14.3 Å². The summed E-state index contributed by atoms with van der Waals surface area (Å²) < 4.78 is 11.2. The lowest BCUT2D eigenvalue weighted by molar-refractivity contribution is -0.121. The second kappa shape index (κ2) is 10.4. The smallest absolute Gasteiger partial charge is 0.220 e. The third-order valence-electron chi connectivity index (χ3n) is 4.07. The zero-order valence-corrected chi connectivity index (χ0v) is 17.4. The van der Waals surface area contributed by atoms with Crippen molar-refractivity contribution in [1.29, 1.82) is 0 Å². The zero-order valence-electron chi connectivity index (χ0n) is 15.9. The summed E-state index contributed by atoms with van der Waals surface area (Å²) in [5.41, 5.74) is 1.94. The van der Waals surface area contributed by atoms with Crippen molar-refractivity contribution in [1.82, 2.24) is 5.32 Å². The van der Waals surface area contributed by atoms with Crippen LogP contribution in [0.25, 0.3) is 0 Å². The predicted octanol–water partition coefficient (Wildman–Crippen LogP) is 5.60. The van der Waals surface area contributed by atoms with Gasteiger partial charge in [0.05, 0.1) is 29.3 Å². The maximum Gasteiger partial charge on any atom is 0.220 e. The van der Waals surface area contributed by atoms with Crippen molar-refractivity contribution in [3.63, 3.8) is 0 Å². The van der Waals surface area contributed by atoms with E-state index < -0.39 is 0 Å². The van der Waals surface area contributed by atoms with Gasteiger partial charge in [-0.2, -0.15) is 0 Å². The van der Waals surface area contributed by atoms with Crippen LogP contribution in [0.2, 0.25) is 10.0 Å². The van der Waals surface area contributed by atoms with Gasteiger partial charge in [0.2, 0.25) is 5.91 Å². The molecule has 2 aromatic rings. The Kier molecular flexibility index (Phi) is 8.26. The monoisotopic (exact) mass is 409 g/mol. The van der Waals surface area contributed by atoms with E-state index in [1.165, 1.54) is 0 Å². The third kappa shape index (κ3) is 6.33. The molecule has 0 aliphatic rings. The summed E-state index contributed by atoms with van der Waals surface area (Å²) in [5.74, 6) is 1.37. The molecule has 1 atom stereocenters. The molecule has 2 rings (SSSR count). The number of nitrogens with one attached hydrogen (secondary N) is 1. The molecule has 0 saturated carbocycles. The van der Waals surface area contributed by atoms with Gasteiger partial charge >= 0.3 is 0 Å². The fourth-order valence-corrected chi connectivity index (χ4v) is 3.01. The molecule has 0 aromatic heterocycles. The fraction of sp³-hybridized carbons (Fsp3) is 0.381. The number of ether oxygens (including phenoxy) is 2. The Labute approximate surface area is 170 Å². The van der Waals surface area contributed by atoms with E-state index in [1.807, 2.05) is 45.0 Å². The average Bonchev–Trinajstić information content (AvgIpc) is 2.64. The molecule has 6 heteroatoms. The minimum Gasteiger partial charge on any atom is -0.490 e. The number of amides is 1. The van der Waals surface area contributed by atoms with Crippen molar-refractivity contribution in [2.24, 2.45) is 0 Å². The van der Waals surface area contributed by atoms with E-state index in [4.69, 9.17) is 32.7 Å². The molecular weight excluding hydrogens is 385 g/mol. The van der Waals surface area contributed by atoms with E-state index >= 15 is 0 Å². The van der Waals surface area contributed by atoms with Crippen LogP contribution in [-0.4, -0.2) is 19.1 Å². The van der Waals surface area contributed by atoms with E-state index in [1.54, 1.807) is 12.1 Å². The first kappa shape index (κ1) is 21.4. The molecule has 27 heavy (non-hydrogen) atoms. The number of carbonyl (C=O) groups is 1. The Bertz CT molecular complexity index is 780. The molecule has 0 aliphatic heterocycles. The second-order valence-electron chi connectivity index (χ2n) is 6.11. The van der Waals surface area contributed by atoms with Gasteiger partial charge in [-0.05, 0) is 62.6 Å². The molecule has 0 bridgehead atoms. The minimum absolute atomic E-state index is 0.0274. The van der Waals surface area contributed by atoms with Crippen molar-refractivity contribution in [3.8, 4) is 11.5 Å². The molecule has 0 saturated heterocycles. The summed E-state index contributed by atoms with van der Waals surface area (Å²) in [6.07, 6.45) is 0.973. The van der Waals surface area contributed by atoms with Gasteiger partial charge in [0.25, 0.3) is 0 Å². The number of hydrogen-bond acceptors (Lipinski definition) is 3. The van der Waals surface area contributed by atoms with Crippen LogP contribution in [0.15, 0.2) is 36.4 Å². The van der Waals surface area contributed by atoms with E-state index in [0.29, 0.717) is 47.6 Å². The first-order valence-electron chi connectivity index (χ1n) is 9.07. The van der Waals surface area contributed by atoms with Gasteiger partial charge in [0.1, 0.15) is 0 Å². The molecule has 1 amide bonds. The van der Waals surface area contributed by atoms with Crippen molar-refractivity contribution in [2.75, 3.05) is 13.2 Å². The Morgan fingerprint density at radius 2 is 1.70 bits per heavy atom. The van der Waals surface area contributed by atoms with Crippen molar-refractivity contribution in [3.05, 3.63) is 57.6 Å². The van der Waals surface area contributed by atoms with E-state index in [0.717, 1.165) is 11.1 Å². The highest BCUT2D eigenvalue weighted by Crippen LogP contribution is 2.30. The van der Waals surface area contributed by atoms with Crippen LogP contribution in [-0.2, 0) is 11.2 Å². The van der Waals surface area contributed by atoms with Crippen molar-refractivity contribution >= 4 is 29.1 Å². The Balaban J connectivity index is 1.96. The lowest BCUT2D eigenvalue weighted by Crippen LogP contribution is -2.26. The number of halogens is 2.